The minimum atomic E-state index is -0.774. The Kier molecular flexibility index (Phi) is 3.38. The fourth-order valence-electron chi connectivity index (χ4n) is 3.20. The van der Waals surface area contributed by atoms with Gasteiger partial charge in [0.05, 0.1) is 12.2 Å². The van der Waals surface area contributed by atoms with Gasteiger partial charge in [-0.25, -0.2) is 9.78 Å². The number of carbonyl (C=O) groups is 2. The van der Waals surface area contributed by atoms with Gasteiger partial charge in [-0.2, -0.15) is 11.8 Å². The molecule has 2 aromatic rings. The maximum Gasteiger partial charge on any atom is 0.325 e. The van der Waals surface area contributed by atoms with E-state index in [0.717, 1.165) is 11.3 Å². The van der Waals surface area contributed by atoms with Gasteiger partial charge in [-0.15, -0.1) is 0 Å². The molecule has 2 aliphatic rings. The molecule has 4 rings (SSSR count). The van der Waals surface area contributed by atoms with Gasteiger partial charge in [-0.1, -0.05) is 6.07 Å². The molecule has 2 fully saturated rings. The van der Waals surface area contributed by atoms with E-state index in [1.54, 1.807) is 24.0 Å². The second-order valence-corrected chi connectivity index (χ2v) is 7.28. The van der Waals surface area contributed by atoms with Crippen molar-refractivity contribution in [3.8, 4) is 0 Å². The van der Waals surface area contributed by atoms with Crippen molar-refractivity contribution in [3.63, 3.8) is 0 Å². The number of rotatable bonds is 2. The van der Waals surface area contributed by atoms with Crippen LogP contribution in [0.15, 0.2) is 29.2 Å². The molecule has 8 heteroatoms. The van der Waals surface area contributed by atoms with Gasteiger partial charge in [-0.05, 0) is 30.7 Å². The predicted octanol–water partition coefficient (Wildman–Crippen LogP) is 0.930. The van der Waals surface area contributed by atoms with Crippen molar-refractivity contribution in [3.05, 3.63) is 46.0 Å². The van der Waals surface area contributed by atoms with Crippen LogP contribution in [0.2, 0.25) is 0 Å². The van der Waals surface area contributed by atoms with Gasteiger partial charge < -0.3 is 5.32 Å². The third-order valence-electron chi connectivity index (χ3n) is 4.53. The Morgan fingerprint density at radius 1 is 1.38 bits per heavy atom. The van der Waals surface area contributed by atoms with Crippen molar-refractivity contribution in [2.75, 3.05) is 11.5 Å². The monoisotopic (exact) mass is 344 g/mol. The number of aromatic nitrogens is 2. The molecule has 1 spiro atoms. The molecule has 0 aromatic carbocycles. The number of nitrogens with zero attached hydrogens (tertiary/aromatic N) is 3. The lowest BCUT2D eigenvalue weighted by atomic mass is 9.99. The lowest BCUT2D eigenvalue weighted by Crippen LogP contribution is -2.46. The number of thioether (sulfide) groups is 1. The highest BCUT2D eigenvalue weighted by Gasteiger charge is 2.52. The average Bonchev–Trinajstić information content (AvgIpc) is 3.10. The van der Waals surface area contributed by atoms with Crippen LogP contribution >= 0.6 is 11.8 Å². The molecular formula is C16H16N4O3S. The number of hydrogen-bond acceptors (Lipinski definition) is 5. The summed E-state index contributed by atoms with van der Waals surface area (Å²) >= 11 is 1.66. The van der Waals surface area contributed by atoms with Crippen LogP contribution in [0.4, 0.5) is 4.79 Å². The summed E-state index contributed by atoms with van der Waals surface area (Å²) in [5.74, 6) is 1.24. The van der Waals surface area contributed by atoms with E-state index in [1.165, 1.54) is 15.4 Å². The normalized spacial score (nSPS) is 23.5. The number of aryl methyl sites for hydroxylation is 1. The second-order valence-electron chi connectivity index (χ2n) is 6.18. The molecule has 0 radical (unpaired) electrons. The minimum absolute atomic E-state index is 0.0111. The summed E-state index contributed by atoms with van der Waals surface area (Å²) < 4.78 is 1.46. The maximum atomic E-state index is 12.7. The molecule has 0 saturated carbocycles. The number of amides is 3. The van der Waals surface area contributed by atoms with Crippen LogP contribution in [0, 0.1) is 6.92 Å². The summed E-state index contributed by atoms with van der Waals surface area (Å²) in [7, 11) is 0. The number of urea groups is 1. The predicted molar refractivity (Wildman–Crippen MR) is 90.0 cm³/mol. The van der Waals surface area contributed by atoms with E-state index < -0.39 is 11.6 Å². The number of nitrogens with one attached hydrogen (secondary N) is 1. The Morgan fingerprint density at radius 3 is 2.96 bits per heavy atom. The van der Waals surface area contributed by atoms with E-state index in [9.17, 15) is 14.4 Å². The van der Waals surface area contributed by atoms with Gasteiger partial charge in [-0.3, -0.25) is 18.9 Å². The Labute approximate surface area is 142 Å². The maximum absolute atomic E-state index is 12.7. The van der Waals surface area contributed by atoms with E-state index in [1.807, 2.05) is 13.0 Å². The van der Waals surface area contributed by atoms with Crippen LogP contribution < -0.4 is 10.9 Å². The van der Waals surface area contributed by atoms with E-state index in [0.29, 0.717) is 23.5 Å². The molecule has 24 heavy (non-hydrogen) atoms. The largest absolute Gasteiger partial charge is 0.325 e. The molecule has 0 unspecified atom stereocenters. The van der Waals surface area contributed by atoms with Crippen molar-refractivity contribution >= 4 is 29.3 Å². The van der Waals surface area contributed by atoms with Crippen molar-refractivity contribution in [2.24, 2.45) is 0 Å². The Balaban J connectivity index is 1.70. The van der Waals surface area contributed by atoms with Gasteiger partial charge in [0.25, 0.3) is 11.5 Å². The van der Waals surface area contributed by atoms with Gasteiger partial charge in [0.2, 0.25) is 0 Å². The summed E-state index contributed by atoms with van der Waals surface area (Å²) in [6, 6.07) is 4.62. The number of carbonyl (C=O) groups excluding carboxylic acids is 2. The molecule has 4 heterocycles. The Morgan fingerprint density at radius 2 is 2.21 bits per heavy atom. The van der Waals surface area contributed by atoms with Crippen molar-refractivity contribution in [2.45, 2.75) is 25.4 Å². The third-order valence-corrected chi connectivity index (χ3v) is 5.72. The first-order chi connectivity index (χ1) is 11.5. The smallest absolute Gasteiger partial charge is 0.322 e. The highest BCUT2D eigenvalue weighted by molar-refractivity contribution is 7.99. The molecule has 124 valence electrons. The van der Waals surface area contributed by atoms with E-state index in [2.05, 4.69) is 10.3 Å². The fourth-order valence-corrected chi connectivity index (χ4v) is 4.53. The Bertz CT molecular complexity index is 917. The van der Waals surface area contributed by atoms with Crippen molar-refractivity contribution in [1.82, 2.24) is 19.6 Å². The zero-order chi connectivity index (χ0) is 16.9. The number of pyridine rings is 1. The summed E-state index contributed by atoms with van der Waals surface area (Å²) in [5, 5.41) is 2.82. The molecule has 1 N–H and O–H groups in total. The van der Waals surface area contributed by atoms with Crippen LogP contribution in [-0.2, 0) is 11.3 Å². The van der Waals surface area contributed by atoms with Gasteiger partial charge in [0.15, 0.2) is 0 Å². The van der Waals surface area contributed by atoms with Crippen LogP contribution in [-0.4, -0.2) is 43.3 Å². The van der Waals surface area contributed by atoms with Crippen LogP contribution in [0.25, 0.3) is 5.65 Å². The second kappa shape index (κ2) is 5.34. The van der Waals surface area contributed by atoms with Gasteiger partial charge >= 0.3 is 6.03 Å². The first kappa shape index (κ1) is 15.2. The lowest BCUT2D eigenvalue weighted by Gasteiger charge is -2.19. The molecule has 2 saturated heterocycles. The lowest BCUT2D eigenvalue weighted by molar-refractivity contribution is -0.130. The quantitative estimate of drug-likeness (QED) is 0.820. The molecule has 1 atom stereocenters. The number of fused-ring (bicyclic) bond motifs is 1. The Hall–Kier alpha value is -2.35. The zero-order valence-corrected chi connectivity index (χ0v) is 13.9. The molecule has 2 aromatic heterocycles. The molecule has 7 nitrogen and oxygen atoms in total. The topological polar surface area (TPSA) is 83.8 Å². The van der Waals surface area contributed by atoms with Crippen LogP contribution in [0.3, 0.4) is 0 Å². The highest BCUT2D eigenvalue weighted by Crippen LogP contribution is 2.33. The zero-order valence-electron chi connectivity index (χ0n) is 13.1. The van der Waals surface area contributed by atoms with Gasteiger partial charge in [0, 0.05) is 18.0 Å². The molecule has 0 aliphatic carbocycles. The fraction of sp³-hybridized carbons (Fsp3) is 0.375. The summed E-state index contributed by atoms with van der Waals surface area (Å²) in [4.78, 5) is 42.8. The SMILES string of the molecule is Cc1cccn2c(=O)cc(CN3C(=O)N[C@@]4(CCSC4)C3=O)nc12. The standard InChI is InChI=1S/C16H16N4O3S/c1-10-3-2-5-19-12(21)7-11(17-13(10)19)8-20-14(22)16(18-15(20)23)4-6-24-9-16/h2-3,5,7H,4,6,8-9H2,1H3,(H,18,23)/t16-/m1/s1. The number of imide groups is 1. The number of hydrogen-bond donors (Lipinski definition) is 1. The average molecular weight is 344 g/mol. The van der Waals surface area contributed by atoms with Crippen LogP contribution in [0.5, 0.6) is 0 Å². The summed E-state index contributed by atoms with van der Waals surface area (Å²) in [6.45, 7) is 1.88. The van der Waals surface area contributed by atoms with Gasteiger partial charge in [0.1, 0.15) is 11.2 Å². The van der Waals surface area contributed by atoms with E-state index in [-0.39, 0.29) is 18.0 Å². The highest BCUT2D eigenvalue weighted by atomic mass is 32.2. The summed E-state index contributed by atoms with van der Waals surface area (Å²) in [5.41, 5.74) is 0.816. The van der Waals surface area contributed by atoms with E-state index in [4.69, 9.17) is 0 Å². The first-order valence-electron chi connectivity index (χ1n) is 7.70. The van der Waals surface area contributed by atoms with Crippen molar-refractivity contribution < 1.29 is 9.59 Å². The molecule has 0 bridgehead atoms. The van der Waals surface area contributed by atoms with E-state index >= 15 is 0 Å². The molecule has 2 aliphatic heterocycles. The minimum Gasteiger partial charge on any atom is -0.322 e. The first-order valence-corrected chi connectivity index (χ1v) is 8.85. The van der Waals surface area contributed by atoms with Crippen LogP contribution in [0.1, 0.15) is 17.7 Å². The third kappa shape index (κ3) is 2.21. The van der Waals surface area contributed by atoms with Crippen molar-refractivity contribution in [1.29, 1.82) is 0 Å². The summed E-state index contributed by atoms with van der Waals surface area (Å²) in [6.07, 6.45) is 2.30. The molecular weight excluding hydrogens is 328 g/mol. The molecule has 3 amide bonds.